The lowest BCUT2D eigenvalue weighted by Crippen LogP contribution is -2.37. The van der Waals surface area contributed by atoms with Crippen LogP contribution in [0.25, 0.3) is 11.4 Å². The van der Waals surface area contributed by atoms with Crippen LogP contribution in [0.5, 0.6) is 0 Å². The number of morpholine rings is 1. The molecule has 5 nitrogen and oxygen atoms in total. The number of hydrogen-bond acceptors (Lipinski definition) is 6. The summed E-state index contributed by atoms with van der Waals surface area (Å²) in [5.74, 6) is 1.43. The van der Waals surface area contributed by atoms with Crippen molar-refractivity contribution < 1.29 is 4.74 Å². The predicted molar refractivity (Wildman–Crippen MR) is 99.9 cm³/mol. The first-order valence-corrected chi connectivity index (χ1v) is 9.52. The summed E-state index contributed by atoms with van der Waals surface area (Å²) in [6.07, 6.45) is 0. The van der Waals surface area contributed by atoms with E-state index in [1.54, 1.807) is 11.8 Å². The number of ether oxygens (including phenoxy) is 1. The monoisotopic (exact) mass is 374 g/mol. The molecule has 0 atom stereocenters. The molecule has 25 heavy (non-hydrogen) atoms. The summed E-state index contributed by atoms with van der Waals surface area (Å²) < 4.78 is 5.37. The zero-order valence-corrected chi connectivity index (χ0v) is 15.6. The summed E-state index contributed by atoms with van der Waals surface area (Å²) in [6.45, 7) is 6.28. The molecule has 1 aromatic heterocycles. The number of nitrogens with zero attached hydrogens (tertiary/aromatic N) is 4. The van der Waals surface area contributed by atoms with Crippen LogP contribution in [0, 0.1) is 18.3 Å². The molecule has 0 spiro atoms. The molecule has 7 heteroatoms. The van der Waals surface area contributed by atoms with Gasteiger partial charge in [0, 0.05) is 31.0 Å². The summed E-state index contributed by atoms with van der Waals surface area (Å²) in [5.41, 5.74) is 2.01. The number of halogens is 1. The van der Waals surface area contributed by atoms with Crippen molar-refractivity contribution >= 4 is 23.4 Å². The fourth-order valence-corrected chi connectivity index (χ4v) is 3.89. The summed E-state index contributed by atoms with van der Waals surface area (Å²) >= 11 is 7.87. The van der Waals surface area contributed by atoms with E-state index in [4.69, 9.17) is 16.3 Å². The minimum Gasteiger partial charge on any atom is -0.379 e. The highest BCUT2D eigenvalue weighted by Gasteiger charge is 2.16. The van der Waals surface area contributed by atoms with E-state index in [0.717, 1.165) is 49.2 Å². The minimum absolute atomic E-state index is 0.544. The summed E-state index contributed by atoms with van der Waals surface area (Å²) in [5, 5.41) is 10.8. The molecule has 1 fully saturated rings. The highest BCUT2D eigenvalue weighted by Crippen LogP contribution is 2.29. The quantitative estimate of drug-likeness (QED) is 0.590. The van der Waals surface area contributed by atoms with E-state index < -0.39 is 0 Å². The van der Waals surface area contributed by atoms with Crippen LogP contribution in [0.15, 0.2) is 29.3 Å². The molecule has 1 aromatic carbocycles. The molecule has 0 N–H and O–H groups in total. The third-order valence-electron chi connectivity index (χ3n) is 4.03. The van der Waals surface area contributed by atoms with Crippen molar-refractivity contribution in [1.82, 2.24) is 14.9 Å². The number of benzene rings is 1. The average molecular weight is 375 g/mol. The Balaban J connectivity index is 1.79. The lowest BCUT2D eigenvalue weighted by Gasteiger charge is -2.26. The zero-order valence-electron chi connectivity index (χ0n) is 14.0. The smallest absolute Gasteiger partial charge is 0.162 e. The number of thioether (sulfide) groups is 1. The molecule has 0 radical (unpaired) electrons. The Kier molecular flexibility index (Phi) is 6.27. The lowest BCUT2D eigenvalue weighted by molar-refractivity contribution is 0.0410. The van der Waals surface area contributed by atoms with Crippen molar-refractivity contribution in [2.24, 2.45) is 0 Å². The maximum absolute atomic E-state index is 9.47. The normalized spacial score (nSPS) is 15.1. The van der Waals surface area contributed by atoms with Crippen LogP contribution >= 0.6 is 23.4 Å². The summed E-state index contributed by atoms with van der Waals surface area (Å²) in [6, 6.07) is 9.73. The molecule has 0 bridgehead atoms. The Morgan fingerprint density at radius 2 is 2.04 bits per heavy atom. The van der Waals surface area contributed by atoms with Gasteiger partial charge in [-0.1, -0.05) is 23.7 Å². The van der Waals surface area contributed by atoms with Gasteiger partial charge >= 0.3 is 0 Å². The van der Waals surface area contributed by atoms with E-state index in [9.17, 15) is 5.26 Å². The molecule has 3 rings (SSSR count). The first-order chi connectivity index (χ1) is 12.2. The first-order valence-electron chi connectivity index (χ1n) is 8.15. The third kappa shape index (κ3) is 4.50. The fraction of sp³-hybridized carbons (Fsp3) is 0.389. The van der Waals surface area contributed by atoms with Crippen LogP contribution in [-0.2, 0) is 4.74 Å². The van der Waals surface area contributed by atoms with Gasteiger partial charge < -0.3 is 4.74 Å². The molecule has 0 unspecified atom stereocenters. The van der Waals surface area contributed by atoms with Crippen molar-refractivity contribution in [1.29, 1.82) is 5.26 Å². The van der Waals surface area contributed by atoms with Crippen LogP contribution in [0.1, 0.15) is 11.3 Å². The van der Waals surface area contributed by atoms with Crippen LogP contribution in [-0.4, -0.2) is 53.5 Å². The van der Waals surface area contributed by atoms with Gasteiger partial charge in [0.25, 0.3) is 0 Å². The highest BCUT2D eigenvalue weighted by molar-refractivity contribution is 7.99. The largest absolute Gasteiger partial charge is 0.379 e. The lowest BCUT2D eigenvalue weighted by atomic mass is 10.2. The first kappa shape index (κ1) is 18.2. The van der Waals surface area contributed by atoms with Crippen LogP contribution < -0.4 is 0 Å². The van der Waals surface area contributed by atoms with Gasteiger partial charge in [0.05, 0.1) is 23.9 Å². The minimum atomic E-state index is 0.544. The molecule has 1 aliphatic heterocycles. The van der Waals surface area contributed by atoms with Gasteiger partial charge in [-0.3, -0.25) is 4.90 Å². The molecular weight excluding hydrogens is 356 g/mol. The Morgan fingerprint density at radius 1 is 1.28 bits per heavy atom. The molecule has 2 aromatic rings. The highest BCUT2D eigenvalue weighted by atomic mass is 35.5. The van der Waals surface area contributed by atoms with Gasteiger partial charge in [0.2, 0.25) is 0 Å². The topological polar surface area (TPSA) is 62.0 Å². The van der Waals surface area contributed by atoms with Crippen LogP contribution in [0.3, 0.4) is 0 Å². The van der Waals surface area contributed by atoms with Gasteiger partial charge in [-0.2, -0.15) is 5.26 Å². The maximum Gasteiger partial charge on any atom is 0.162 e. The summed E-state index contributed by atoms with van der Waals surface area (Å²) in [4.78, 5) is 11.5. The second kappa shape index (κ2) is 8.63. The Labute approximate surface area is 157 Å². The van der Waals surface area contributed by atoms with Gasteiger partial charge in [0.15, 0.2) is 5.82 Å². The van der Waals surface area contributed by atoms with E-state index in [0.29, 0.717) is 22.1 Å². The fourth-order valence-electron chi connectivity index (χ4n) is 2.64. The molecule has 130 valence electrons. The zero-order chi connectivity index (χ0) is 17.6. The Bertz CT molecular complexity index is 787. The Hall–Kier alpha value is -1.65. The van der Waals surface area contributed by atoms with E-state index >= 15 is 0 Å². The summed E-state index contributed by atoms with van der Waals surface area (Å²) in [7, 11) is 0. The maximum atomic E-state index is 9.47. The van der Waals surface area contributed by atoms with E-state index in [-0.39, 0.29) is 0 Å². The number of nitriles is 1. The average Bonchev–Trinajstić information content (AvgIpc) is 2.63. The van der Waals surface area contributed by atoms with Crippen molar-refractivity contribution in [3.05, 3.63) is 40.5 Å². The molecule has 2 heterocycles. The molecule has 0 amide bonds. The predicted octanol–water partition coefficient (Wildman–Crippen LogP) is 3.40. The van der Waals surface area contributed by atoms with Gasteiger partial charge in [-0.05, 0) is 19.1 Å². The van der Waals surface area contributed by atoms with Crippen LogP contribution in [0.2, 0.25) is 5.02 Å². The number of aryl methyl sites for hydroxylation is 1. The van der Waals surface area contributed by atoms with Crippen LogP contribution in [0.4, 0.5) is 0 Å². The second-order valence-corrected chi connectivity index (χ2v) is 7.20. The van der Waals surface area contributed by atoms with Crippen molar-refractivity contribution in [3.8, 4) is 17.5 Å². The number of rotatable bonds is 5. The molecular formula is C18H19ClN4OS. The molecule has 0 saturated carbocycles. The van der Waals surface area contributed by atoms with E-state index in [1.807, 2.05) is 31.2 Å². The molecule has 1 aliphatic rings. The third-order valence-corrected chi connectivity index (χ3v) is 5.32. The van der Waals surface area contributed by atoms with E-state index in [2.05, 4.69) is 20.9 Å². The molecule has 0 aliphatic carbocycles. The second-order valence-electron chi connectivity index (χ2n) is 5.71. The van der Waals surface area contributed by atoms with E-state index in [1.165, 1.54) is 0 Å². The van der Waals surface area contributed by atoms with Crippen molar-refractivity contribution in [2.45, 2.75) is 11.9 Å². The number of hydrogen-bond donors (Lipinski definition) is 0. The van der Waals surface area contributed by atoms with Gasteiger partial charge in [0.1, 0.15) is 16.7 Å². The van der Waals surface area contributed by atoms with Gasteiger partial charge in [-0.15, -0.1) is 11.8 Å². The SMILES string of the molecule is Cc1nc(-c2ccccc2Cl)nc(SCCN2CCOCC2)c1C#N. The molecule has 1 saturated heterocycles. The Morgan fingerprint density at radius 3 is 2.76 bits per heavy atom. The number of aromatic nitrogens is 2. The van der Waals surface area contributed by atoms with Crippen molar-refractivity contribution in [2.75, 3.05) is 38.6 Å². The van der Waals surface area contributed by atoms with Crippen molar-refractivity contribution in [3.63, 3.8) is 0 Å². The van der Waals surface area contributed by atoms with Gasteiger partial charge in [-0.25, -0.2) is 9.97 Å². The standard InChI is InChI=1S/C18H19ClN4OS/c1-13-15(12-20)18(25-11-8-23-6-9-24-10-7-23)22-17(21-13)14-4-2-3-5-16(14)19/h2-5H,6-11H2,1H3.